The summed E-state index contributed by atoms with van der Waals surface area (Å²) in [5.74, 6) is 0.536. The second-order valence-corrected chi connectivity index (χ2v) is 2.95. The van der Waals surface area contributed by atoms with E-state index < -0.39 is 0 Å². The van der Waals surface area contributed by atoms with Crippen LogP contribution in [0.25, 0.3) is 4.85 Å². The molecule has 11 heavy (non-hydrogen) atoms. The van der Waals surface area contributed by atoms with Crippen molar-refractivity contribution in [1.29, 1.82) is 0 Å². The van der Waals surface area contributed by atoms with Crippen LogP contribution in [0.3, 0.4) is 0 Å². The van der Waals surface area contributed by atoms with Gasteiger partial charge in [-0.1, -0.05) is 30.3 Å². The summed E-state index contributed by atoms with van der Waals surface area (Å²) in [6, 6.07) is 10.6. The van der Waals surface area contributed by atoms with Crippen LogP contribution >= 0.6 is 0 Å². The summed E-state index contributed by atoms with van der Waals surface area (Å²) in [5, 5.41) is 0. The molecule has 0 N–H and O–H groups in total. The molecule has 2 rings (SSSR count). The summed E-state index contributed by atoms with van der Waals surface area (Å²) < 4.78 is 0. The van der Waals surface area contributed by atoms with Crippen LogP contribution < -0.4 is 0 Å². The largest absolute Gasteiger partial charge is 0.313 e. The SMILES string of the molecule is [C-]#[N+][C@@H]1C[C@H]1c1ccccc1. The number of benzene rings is 1. The zero-order valence-electron chi connectivity index (χ0n) is 6.20. The maximum Gasteiger partial charge on any atom is 0.231 e. The third kappa shape index (κ3) is 1.12. The molecular formula is C10H9N. The highest BCUT2D eigenvalue weighted by Gasteiger charge is 2.44. The smallest absolute Gasteiger partial charge is 0.231 e. The molecule has 0 amide bonds. The van der Waals surface area contributed by atoms with Gasteiger partial charge >= 0.3 is 0 Å². The van der Waals surface area contributed by atoms with E-state index in [0.717, 1.165) is 6.42 Å². The summed E-state index contributed by atoms with van der Waals surface area (Å²) in [5.41, 5.74) is 1.33. The van der Waals surface area contributed by atoms with Gasteiger partial charge in [0.1, 0.15) is 0 Å². The Kier molecular flexibility index (Phi) is 1.40. The minimum absolute atomic E-state index is 0.275. The molecule has 0 unspecified atom stereocenters. The van der Waals surface area contributed by atoms with Crippen LogP contribution in [-0.4, -0.2) is 6.04 Å². The van der Waals surface area contributed by atoms with E-state index in [1.807, 2.05) is 18.2 Å². The van der Waals surface area contributed by atoms with Gasteiger partial charge in [-0.3, -0.25) is 0 Å². The summed E-state index contributed by atoms with van der Waals surface area (Å²) >= 11 is 0. The molecule has 0 saturated heterocycles. The highest BCUT2D eigenvalue weighted by molar-refractivity contribution is 5.29. The lowest BCUT2D eigenvalue weighted by atomic mass is 10.1. The van der Waals surface area contributed by atoms with Gasteiger partial charge < -0.3 is 4.85 Å². The average Bonchev–Trinajstić information content (AvgIpc) is 2.85. The van der Waals surface area contributed by atoms with Crippen molar-refractivity contribution in [2.75, 3.05) is 0 Å². The van der Waals surface area contributed by atoms with Crippen LogP contribution in [-0.2, 0) is 0 Å². The quantitative estimate of drug-likeness (QED) is 0.532. The molecule has 0 radical (unpaired) electrons. The van der Waals surface area contributed by atoms with Crippen molar-refractivity contribution in [3.05, 3.63) is 47.3 Å². The minimum atomic E-state index is 0.275. The Hall–Kier alpha value is -1.29. The molecule has 1 heteroatoms. The van der Waals surface area contributed by atoms with Crippen molar-refractivity contribution >= 4 is 0 Å². The monoisotopic (exact) mass is 143 g/mol. The third-order valence-corrected chi connectivity index (χ3v) is 2.15. The molecule has 0 heterocycles. The maximum absolute atomic E-state index is 6.82. The first-order valence-corrected chi connectivity index (χ1v) is 3.83. The molecule has 0 aromatic heterocycles. The fraction of sp³-hybridized carbons (Fsp3) is 0.300. The van der Waals surface area contributed by atoms with Crippen molar-refractivity contribution in [1.82, 2.24) is 0 Å². The van der Waals surface area contributed by atoms with E-state index in [4.69, 9.17) is 6.57 Å². The van der Waals surface area contributed by atoms with Crippen LogP contribution in [0.15, 0.2) is 30.3 Å². The second kappa shape index (κ2) is 2.39. The first-order chi connectivity index (χ1) is 5.42. The number of nitrogens with zero attached hydrogens (tertiary/aromatic N) is 1. The Balaban J connectivity index is 2.16. The van der Waals surface area contributed by atoms with E-state index in [1.54, 1.807) is 0 Å². The Morgan fingerprint density at radius 2 is 2.00 bits per heavy atom. The van der Waals surface area contributed by atoms with E-state index in [-0.39, 0.29) is 6.04 Å². The fourth-order valence-corrected chi connectivity index (χ4v) is 1.38. The topological polar surface area (TPSA) is 4.36 Å². The number of hydrogen-bond donors (Lipinski definition) is 0. The maximum atomic E-state index is 6.82. The van der Waals surface area contributed by atoms with Gasteiger partial charge in [-0.2, -0.15) is 0 Å². The summed E-state index contributed by atoms with van der Waals surface area (Å²) in [6.45, 7) is 6.82. The zero-order chi connectivity index (χ0) is 7.68. The van der Waals surface area contributed by atoms with Crippen LogP contribution in [0.1, 0.15) is 17.9 Å². The van der Waals surface area contributed by atoms with Gasteiger partial charge in [0.25, 0.3) is 0 Å². The van der Waals surface area contributed by atoms with Gasteiger partial charge in [-0.15, -0.1) is 0 Å². The predicted molar refractivity (Wildman–Crippen MR) is 44.2 cm³/mol. The molecule has 1 fully saturated rings. The van der Waals surface area contributed by atoms with Crippen molar-refractivity contribution < 1.29 is 0 Å². The Bertz CT molecular complexity index is 283. The lowest BCUT2D eigenvalue weighted by molar-refractivity contribution is 1.10. The van der Waals surface area contributed by atoms with Gasteiger partial charge in [-0.25, -0.2) is 6.57 Å². The molecule has 2 atom stereocenters. The van der Waals surface area contributed by atoms with Gasteiger partial charge in [0.2, 0.25) is 6.04 Å². The minimum Gasteiger partial charge on any atom is -0.313 e. The van der Waals surface area contributed by atoms with Gasteiger partial charge in [0.05, 0.1) is 5.92 Å². The highest BCUT2D eigenvalue weighted by Crippen LogP contribution is 2.43. The third-order valence-electron chi connectivity index (χ3n) is 2.15. The lowest BCUT2D eigenvalue weighted by Gasteiger charge is -1.91. The van der Waals surface area contributed by atoms with Gasteiger partial charge in [0, 0.05) is 6.42 Å². The van der Waals surface area contributed by atoms with E-state index in [0.29, 0.717) is 5.92 Å². The second-order valence-electron chi connectivity index (χ2n) is 2.95. The van der Waals surface area contributed by atoms with Gasteiger partial charge in [0.15, 0.2) is 0 Å². The molecule has 1 nitrogen and oxygen atoms in total. The number of rotatable bonds is 1. The van der Waals surface area contributed by atoms with E-state index in [2.05, 4.69) is 17.0 Å². The van der Waals surface area contributed by atoms with Crippen LogP contribution in [0.5, 0.6) is 0 Å². The number of hydrogen-bond acceptors (Lipinski definition) is 0. The molecule has 1 saturated carbocycles. The van der Waals surface area contributed by atoms with Crippen molar-refractivity contribution in [3.63, 3.8) is 0 Å². The van der Waals surface area contributed by atoms with Crippen LogP contribution in [0.4, 0.5) is 0 Å². The Labute approximate surface area is 66.5 Å². The molecule has 1 aliphatic rings. The highest BCUT2D eigenvalue weighted by atomic mass is 14.8. The average molecular weight is 143 g/mol. The molecular weight excluding hydrogens is 134 g/mol. The Morgan fingerprint density at radius 3 is 2.55 bits per heavy atom. The zero-order valence-corrected chi connectivity index (χ0v) is 6.20. The molecule has 0 spiro atoms. The Morgan fingerprint density at radius 1 is 1.27 bits per heavy atom. The molecule has 0 aliphatic heterocycles. The van der Waals surface area contributed by atoms with E-state index in [1.165, 1.54) is 5.56 Å². The fourth-order valence-electron chi connectivity index (χ4n) is 1.38. The van der Waals surface area contributed by atoms with E-state index in [9.17, 15) is 0 Å². The molecule has 54 valence electrons. The van der Waals surface area contributed by atoms with Crippen molar-refractivity contribution in [3.8, 4) is 0 Å². The summed E-state index contributed by atoms with van der Waals surface area (Å²) in [6.07, 6.45) is 1.06. The van der Waals surface area contributed by atoms with E-state index >= 15 is 0 Å². The normalized spacial score (nSPS) is 27.5. The predicted octanol–water partition coefficient (Wildman–Crippen LogP) is 2.46. The molecule has 1 aliphatic carbocycles. The first-order valence-electron chi connectivity index (χ1n) is 3.83. The van der Waals surface area contributed by atoms with Crippen LogP contribution in [0.2, 0.25) is 0 Å². The summed E-state index contributed by atoms with van der Waals surface area (Å²) in [4.78, 5) is 3.51. The molecule has 0 bridgehead atoms. The summed E-state index contributed by atoms with van der Waals surface area (Å²) in [7, 11) is 0. The van der Waals surface area contributed by atoms with Gasteiger partial charge in [-0.05, 0) is 5.56 Å². The van der Waals surface area contributed by atoms with Crippen molar-refractivity contribution in [2.24, 2.45) is 0 Å². The van der Waals surface area contributed by atoms with Crippen LogP contribution in [0, 0.1) is 6.57 Å². The lowest BCUT2D eigenvalue weighted by Crippen LogP contribution is -1.80. The van der Waals surface area contributed by atoms with Crippen molar-refractivity contribution in [2.45, 2.75) is 18.4 Å². The molecule has 1 aromatic carbocycles. The first kappa shape index (κ1) is 6.42. The standard InChI is InChI=1S/C10H9N/c1-11-10-7-9(10)8-5-3-2-4-6-8/h2-6,9-10H,7H2/t9-,10+/m0/s1. The molecule has 1 aromatic rings.